The molecular weight excluding hydrogens is 399 g/mol. The fraction of sp³-hybridized carbons (Fsp3) is 0.304. The number of rotatable bonds is 2. The molecule has 2 aromatic carbocycles. The van der Waals surface area contributed by atoms with Crippen LogP contribution in [0.1, 0.15) is 49.1 Å². The zero-order valence-corrected chi connectivity index (χ0v) is 15.9. The van der Waals surface area contributed by atoms with Crippen LogP contribution in [-0.4, -0.2) is 16.1 Å². The van der Waals surface area contributed by atoms with E-state index in [-0.39, 0.29) is 10.8 Å². The average molecular weight is 416 g/mol. The Labute approximate surface area is 170 Å². The molecule has 3 aromatic rings. The van der Waals surface area contributed by atoms with Crippen LogP contribution in [0.25, 0.3) is 22.2 Å². The predicted octanol–water partition coefficient (Wildman–Crippen LogP) is 6.54. The summed E-state index contributed by atoms with van der Waals surface area (Å²) in [5.41, 5.74) is 0.746. The van der Waals surface area contributed by atoms with Crippen LogP contribution in [0.4, 0.5) is 22.0 Å². The lowest BCUT2D eigenvalue weighted by atomic mass is 9.85. The normalized spacial score (nSPS) is 15.1. The Balaban J connectivity index is 1.67. The largest absolute Gasteiger partial charge is 0.458 e. The lowest BCUT2D eigenvalue weighted by molar-refractivity contribution is -0.0696. The highest BCUT2D eigenvalue weighted by molar-refractivity contribution is 5.88. The van der Waals surface area contributed by atoms with Crippen LogP contribution < -0.4 is 0 Å². The first kappa shape index (κ1) is 20.3. The first-order valence-corrected chi connectivity index (χ1v) is 9.66. The Kier molecular flexibility index (Phi) is 5.42. The summed E-state index contributed by atoms with van der Waals surface area (Å²) in [6.45, 7) is 0. The van der Waals surface area contributed by atoms with Crippen LogP contribution in [0.5, 0.6) is 0 Å². The molecule has 0 saturated heterocycles. The second-order valence-corrected chi connectivity index (χ2v) is 7.41. The quantitative estimate of drug-likeness (QED) is 0.350. The van der Waals surface area contributed by atoms with Gasteiger partial charge < -0.3 is 0 Å². The molecule has 1 fully saturated rings. The molecular formula is C23H17F5N2. The van der Waals surface area contributed by atoms with E-state index in [4.69, 9.17) is 0 Å². The van der Waals surface area contributed by atoms with Crippen molar-refractivity contribution < 1.29 is 22.0 Å². The number of fused-ring (bicyclic) bond motifs is 1. The number of benzene rings is 2. The third kappa shape index (κ3) is 4.28. The Morgan fingerprint density at radius 3 is 2.30 bits per heavy atom. The summed E-state index contributed by atoms with van der Waals surface area (Å²) in [5.74, 6) is 1.05. The fourth-order valence-electron chi connectivity index (χ4n) is 3.85. The van der Waals surface area contributed by atoms with Crippen molar-refractivity contribution in [3.05, 3.63) is 59.4 Å². The van der Waals surface area contributed by atoms with Gasteiger partial charge in [-0.2, -0.15) is 13.2 Å². The molecule has 1 aliphatic carbocycles. The standard InChI is InChI=1S/C23H17F5N2/c24-20-11-16-10-15(6-7-18(16)21(25)19(20)8-9-23(26,27)28)22-29-12-17(13-30-22)14-4-2-1-3-5-14/h6-7,10-14H,1-5H2. The van der Waals surface area contributed by atoms with Crippen molar-refractivity contribution >= 4 is 10.8 Å². The molecule has 30 heavy (non-hydrogen) atoms. The van der Waals surface area contributed by atoms with Crippen LogP contribution in [0.3, 0.4) is 0 Å². The highest BCUT2D eigenvalue weighted by Crippen LogP contribution is 2.33. The van der Waals surface area contributed by atoms with Gasteiger partial charge in [0.1, 0.15) is 11.6 Å². The van der Waals surface area contributed by atoms with E-state index < -0.39 is 23.4 Å². The van der Waals surface area contributed by atoms with Crippen molar-refractivity contribution in [2.24, 2.45) is 0 Å². The molecule has 0 radical (unpaired) electrons. The Hall–Kier alpha value is -3.01. The van der Waals surface area contributed by atoms with Gasteiger partial charge in [0.05, 0.1) is 5.56 Å². The van der Waals surface area contributed by atoms with Crippen LogP contribution in [0.2, 0.25) is 0 Å². The van der Waals surface area contributed by atoms with E-state index in [0.717, 1.165) is 30.4 Å². The van der Waals surface area contributed by atoms with Gasteiger partial charge in [-0.1, -0.05) is 37.3 Å². The summed E-state index contributed by atoms with van der Waals surface area (Å²) in [5, 5.41) is 0.172. The number of aromatic nitrogens is 2. The lowest BCUT2D eigenvalue weighted by Gasteiger charge is -2.21. The molecule has 0 spiro atoms. The number of alkyl halides is 3. The minimum atomic E-state index is -4.83. The molecule has 0 aliphatic heterocycles. The zero-order valence-electron chi connectivity index (χ0n) is 15.9. The summed E-state index contributed by atoms with van der Waals surface area (Å²) in [6.07, 6.45) is 4.64. The molecule has 1 heterocycles. The second kappa shape index (κ2) is 8.02. The van der Waals surface area contributed by atoms with Gasteiger partial charge in [0.2, 0.25) is 0 Å². The molecule has 1 aliphatic rings. The van der Waals surface area contributed by atoms with Gasteiger partial charge in [-0.05, 0) is 41.8 Å². The molecule has 0 atom stereocenters. The first-order valence-electron chi connectivity index (χ1n) is 9.66. The molecule has 0 amide bonds. The number of hydrogen-bond acceptors (Lipinski definition) is 2. The second-order valence-electron chi connectivity index (χ2n) is 7.41. The van der Waals surface area contributed by atoms with E-state index in [2.05, 4.69) is 9.97 Å². The molecule has 1 saturated carbocycles. The monoisotopic (exact) mass is 416 g/mol. The summed E-state index contributed by atoms with van der Waals surface area (Å²) in [4.78, 5) is 8.81. The van der Waals surface area contributed by atoms with Gasteiger partial charge in [0.15, 0.2) is 5.82 Å². The van der Waals surface area contributed by atoms with Gasteiger partial charge in [-0.25, -0.2) is 18.7 Å². The highest BCUT2D eigenvalue weighted by Gasteiger charge is 2.24. The van der Waals surface area contributed by atoms with Crippen LogP contribution in [0, 0.1) is 23.5 Å². The number of hydrogen-bond donors (Lipinski definition) is 0. The van der Waals surface area contributed by atoms with Gasteiger partial charge in [0.25, 0.3) is 0 Å². The van der Waals surface area contributed by atoms with E-state index in [9.17, 15) is 22.0 Å². The summed E-state index contributed by atoms with van der Waals surface area (Å²) in [7, 11) is 0. The van der Waals surface area contributed by atoms with Gasteiger partial charge in [-0.3, -0.25) is 0 Å². The third-order valence-electron chi connectivity index (χ3n) is 5.36. The summed E-state index contributed by atoms with van der Waals surface area (Å²) in [6, 6.07) is 5.41. The number of nitrogens with zero attached hydrogens (tertiary/aromatic N) is 2. The first-order chi connectivity index (χ1) is 14.3. The van der Waals surface area contributed by atoms with Crippen LogP contribution >= 0.6 is 0 Å². The van der Waals surface area contributed by atoms with Crippen molar-refractivity contribution in [3.8, 4) is 23.2 Å². The van der Waals surface area contributed by atoms with E-state index in [1.165, 1.54) is 31.4 Å². The molecule has 2 nitrogen and oxygen atoms in total. The highest BCUT2D eigenvalue weighted by atomic mass is 19.4. The van der Waals surface area contributed by atoms with Crippen molar-refractivity contribution in [1.29, 1.82) is 0 Å². The van der Waals surface area contributed by atoms with Crippen molar-refractivity contribution in [2.45, 2.75) is 44.2 Å². The molecule has 0 N–H and O–H groups in total. The maximum Gasteiger partial charge on any atom is 0.458 e. The molecule has 0 unspecified atom stereocenters. The number of halogens is 5. The van der Waals surface area contributed by atoms with Gasteiger partial charge in [0, 0.05) is 29.3 Å². The maximum absolute atomic E-state index is 14.6. The minimum absolute atomic E-state index is 0.0227. The van der Waals surface area contributed by atoms with Gasteiger partial charge >= 0.3 is 6.18 Å². The molecule has 154 valence electrons. The van der Waals surface area contributed by atoms with Crippen LogP contribution in [-0.2, 0) is 0 Å². The van der Waals surface area contributed by atoms with Gasteiger partial charge in [-0.15, -0.1) is 0 Å². The predicted molar refractivity (Wildman–Crippen MR) is 104 cm³/mol. The Morgan fingerprint density at radius 1 is 0.933 bits per heavy atom. The summed E-state index contributed by atoms with van der Waals surface area (Å²) >= 11 is 0. The minimum Gasteiger partial charge on any atom is -0.236 e. The molecule has 4 rings (SSSR count). The van der Waals surface area contributed by atoms with Crippen molar-refractivity contribution in [1.82, 2.24) is 9.97 Å². The fourth-order valence-corrected chi connectivity index (χ4v) is 3.85. The SMILES string of the molecule is Fc1cc2cc(-c3ncc(C4CCCCC4)cn3)ccc2c(F)c1C#CC(F)(F)F. The van der Waals surface area contributed by atoms with Crippen molar-refractivity contribution in [2.75, 3.05) is 0 Å². The Bertz CT molecular complexity index is 1130. The average Bonchev–Trinajstić information content (AvgIpc) is 2.73. The molecule has 1 aromatic heterocycles. The molecule has 7 heteroatoms. The van der Waals surface area contributed by atoms with E-state index >= 15 is 0 Å². The smallest absolute Gasteiger partial charge is 0.236 e. The van der Waals surface area contributed by atoms with Crippen molar-refractivity contribution in [3.63, 3.8) is 0 Å². The summed E-state index contributed by atoms with van der Waals surface area (Å²) < 4.78 is 65.6. The lowest BCUT2D eigenvalue weighted by Crippen LogP contribution is -2.05. The zero-order chi connectivity index (χ0) is 21.3. The third-order valence-corrected chi connectivity index (χ3v) is 5.36. The topological polar surface area (TPSA) is 25.8 Å². The van der Waals surface area contributed by atoms with E-state index in [1.807, 2.05) is 0 Å². The maximum atomic E-state index is 14.6. The Morgan fingerprint density at radius 2 is 1.63 bits per heavy atom. The van der Waals surface area contributed by atoms with Crippen LogP contribution in [0.15, 0.2) is 36.7 Å². The van der Waals surface area contributed by atoms with E-state index in [1.54, 1.807) is 24.4 Å². The van der Waals surface area contributed by atoms with E-state index in [0.29, 0.717) is 17.3 Å². The molecule has 0 bridgehead atoms.